The molecular weight excluding hydrogens is 524 g/mol. The molecule has 3 aromatic rings. The van der Waals surface area contributed by atoms with Crippen LogP contribution in [0.1, 0.15) is 65.2 Å². The molecule has 216 valence electrons. The number of carbonyl (C=O) groups is 4. The van der Waals surface area contributed by atoms with Crippen LogP contribution < -0.4 is 10.6 Å². The van der Waals surface area contributed by atoms with E-state index in [0.717, 1.165) is 16.6 Å². The third kappa shape index (κ3) is 7.31. The summed E-state index contributed by atoms with van der Waals surface area (Å²) >= 11 is 0. The summed E-state index contributed by atoms with van der Waals surface area (Å²) in [5.74, 6) is -0.112. The summed E-state index contributed by atoms with van der Waals surface area (Å²) < 4.78 is 10.5. The van der Waals surface area contributed by atoms with Gasteiger partial charge in [-0.25, -0.2) is 4.98 Å². The molecule has 2 amide bonds. The third-order valence-electron chi connectivity index (χ3n) is 7.93. The first-order valence-electron chi connectivity index (χ1n) is 14.3. The smallest absolute Gasteiger partial charge is 0.302 e. The number of imidazole rings is 1. The maximum absolute atomic E-state index is 12.8. The predicted octanol–water partition coefficient (Wildman–Crippen LogP) is 5.35. The van der Waals surface area contributed by atoms with Gasteiger partial charge in [-0.1, -0.05) is 0 Å². The molecular formula is C31H36N4O6. The Morgan fingerprint density at radius 2 is 1.20 bits per heavy atom. The topological polar surface area (TPSA) is 139 Å². The van der Waals surface area contributed by atoms with Crippen molar-refractivity contribution >= 4 is 46.2 Å². The van der Waals surface area contributed by atoms with Crippen molar-refractivity contribution in [3.8, 4) is 11.4 Å². The van der Waals surface area contributed by atoms with E-state index in [2.05, 4.69) is 20.6 Å². The monoisotopic (exact) mass is 560 g/mol. The number of rotatable bonds is 7. The van der Waals surface area contributed by atoms with Crippen LogP contribution in [0.15, 0.2) is 42.5 Å². The van der Waals surface area contributed by atoms with Crippen LogP contribution >= 0.6 is 0 Å². The highest BCUT2D eigenvalue weighted by atomic mass is 16.5. The third-order valence-corrected chi connectivity index (χ3v) is 7.93. The molecule has 1 heterocycles. The van der Waals surface area contributed by atoms with Gasteiger partial charge in [0, 0.05) is 42.6 Å². The number of anilines is 2. The molecule has 2 saturated carbocycles. The van der Waals surface area contributed by atoms with E-state index >= 15 is 0 Å². The van der Waals surface area contributed by atoms with Crippen molar-refractivity contribution in [2.24, 2.45) is 11.8 Å². The second kappa shape index (κ2) is 12.5. The Labute approximate surface area is 238 Å². The minimum absolute atomic E-state index is 0.0187. The minimum atomic E-state index is -0.277. The summed E-state index contributed by atoms with van der Waals surface area (Å²) in [6.45, 7) is 2.82. The van der Waals surface area contributed by atoms with Crippen LogP contribution in [0.25, 0.3) is 22.4 Å². The summed E-state index contributed by atoms with van der Waals surface area (Å²) in [4.78, 5) is 55.9. The highest BCUT2D eigenvalue weighted by Crippen LogP contribution is 2.30. The standard InChI is InChI=1S/C31H36N4O6/c1-18(36)40-25-12-5-21(6-13-25)30(38)32-23-9-3-20(4-10-23)29-34-27-16-11-24(17-28(27)35-29)33-31(39)22-7-14-26(15-8-22)41-19(2)37/h3-4,9-11,16-17,21-22,25-26H,5-8,12-15H2,1-2H3,(H,32,38)(H,33,39)(H,34,35). The van der Waals surface area contributed by atoms with Crippen LogP contribution in [0.3, 0.4) is 0 Å². The Balaban J connectivity index is 1.15. The summed E-state index contributed by atoms with van der Waals surface area (Å²) in [7, 11) is 0. The molecule has 2 fully saturated rings. The van der Waals surface area contributed by atoms with Crippen molar-refractivity contribution in [3.05, 3.63) is 42.5 Å². The van der Waals surface area contributed by atoms with Crippen molar-refractivity contribution in [3.63, 3.8) is 0 Å². The predicted molar refractivity (Wildman–Crippen MR) is 154 cm³/mol. The first-order chi connectivity index (χ1) is 19.7. The maximum atomic E-state index is 12.8. The van der Waals surface area contributed by atoms with Crippen LogP contribution in [-0.2, 0) is 28.7 Å². The molecule has 1 aromatic heterocycles. The lowest BCUT2D eigenvalue weighted by Crippen LogP contribution is -2.30. The van der Waals surface area contributed by atoms with E-state index in [1.807, 2.05) is 42.5 Å². The van der Waals surface area contributed by atoms with Gasteiger partial charge in [0.25, 0.3) is 0 Å². The Morgan fingerprint density at radius 3 is 1.71 bits per heavy atom. The summed E-state index contributed by atoms with van der Waals surface area (Å²) in [5.41, 5.74) is 3.86. The van der Waals surface area contributed by atoms with E-state index in [9.17, 15) is 19.2 Å². The second-order valence-electron chi connectivity index (χ2n) is 11.0. The Kier molecular flexibility index (Phi) is 8.66. The lowest BCUT2D eigenvalue weighted by atomic mass is 9.86. The fraction of sp³-hybridized carbons (Fsp3) is 0.452. The molecule has 5 rings (SSSR count). The quantitative estimate of drug-likeness (QED) is 0.331. The number of hydrogen-bond donors (Lipinski definition) is 3. The fourth-order valence-electron chi connectivity index (χ4n) is 5.78. The van der Waals surface area contributed by atoms with E-state index < -0.39 is 0 Å². The van der Waals surface area contributed by atoms with Gasteiger partial charge in [-0.3, -0.25) is 19.2 Å². The van der Waals surface area contributed by atoms with Crippen LogP contribution in [0.4, 0.5) is 11.4 Å². The fourth-order valence-corrected chi connectivity index (χ4v) is 5.78. The number of carbonyl (C=O) groups excluding carboxylic acids is 4. The van der Waals surface area contributed by atoms with Crippen LogP contribution in [-0.4, -0.2) is 45.9 Å². The summed E-state index contributed by atoms with van der Waals surface area (Å²) in [6, 6.07) is 13.1. The number of aromatic amines is 1. The number of hydrogen-bond acceptors (Lipinski definition) is 7. The molecule has 0 spiro atoms. The van der Waals surface area contributed by atoms with E-state index in [1.165, 1.54) is 13.8 Å². The average molecular weight is 561 g/mol. The molecule has 0 atom stereocenters. The molecule has 0 bridgehead atoms. The Hall–Kier alpha value is -4.21. The van der Waals surface area contributed by atoms with Crippen LogP contribution in [0.5, 0.6) is 0 Å². The Bertz CT molecular complexity index is 1420. The van der Waals surface area contributed by atoms with Gasteiger partial charge in [0.05, 0.1) is 11.0 Å². The molecule has 2 aromatic carbocycles. The van der Waals surface area contributed by atoms with E-state index in [1.54, 1.807) is 0 Å². The van der Waals surface area contributed by atoms with Gasteiger partial charge in [0.15, 0.2) is 0 Å². The SMILES string of the molecule is CC(=O)OC1CCC(C(=O)Nc2ccc(-c3nc4ccc(NC(=O)C5CCC(OC(C)=O)CC5)cc4[nH]3)cc2)CC1. The molecule has 0 aliphatic heterocycles. The zero-order valence-electron chi connectivity index (χ0n) is 23.4. The number of esters is 2. The number of amides is 2. The van der Waals surface area contributed by atoms with Crippen molar-refractivity contribution in [2.75, 3.05) is 10.6 Å². The average Bonchev–Trinajstić information content (AvgIpc) is 3.37. The lowest BCUT2D eigenvalue weighted by molar-refractivity contribution is -0.149. The number of aromatic nitrogens is 2. The molecule has 0 saturated heterocycles. The molecule has 0 unspecified atom stereocenters. The zero-order chi connectivity index (χ0) is 28.9. The van der Waals surface area contributed by atoms with E-state index in [-0.39, 0.29) is 47.8 Å². The van der Waals surface area contributed by atoms with Crippen molar-refractivity contribution < 1.29 is 28.7 Å². The number of fused-ring (bicyclic) bond motifs is 1. The number of H-pyrrole nitrogens is 1. The van der Waals surface area contributed by atoms with E-state index in [0.29, 0.717) is 68.6 Å². The van der Waals surface area contributed by atoms with Gasteiger partial charge in [-0.2, -0.15) is 0 Å². The molecule has 2 aliphatic carbocycles. The first-order valence-corrected chi connectivity index (χ1v) is 14.3. The zero-order valence-corrected chi connectivity index (χ0v) is 23.4. The summed E-state index contributed by atoms with van der Waals surface area (Å²) in [5, 5.41) is 6.01. The first kappa shape index (κ1) is 28.3. The van der Waals surface area contributed by atoms with E-state index in [4.69, 9.17) is 9.47 Å². The molecule has 41 heavy (non-hydrogen) atoms. The molecule has 3 N–H and O–H groups in total. The maximum Gasteiger partial charge on any atom is 0.302 e. The lowest BCUT2D eigenvalue weighted by Gasteiger charge is -2.27. The second-order valence-corrected chi connectivity index (χ2v) is 11.0. The van der Waals surface area contributed by atoms with Gasteiger partial charge in [-0.05, 0) is 93.8 Å². The molecule has 0 radical (unpaired) electrons. The number of ether oxygens (including phenoxy) is 2. The summed E-state index contributed by atoms with van der Waals surface area (Å²) in [6.07, 6.45) is 5.37. The van der Waals surface area contributed by atoms with Crippen molar-refractivity contribution in [1.29, 1.82) is 0 Å². The van der Waals surface area contributed by atoms with Gasteiger partial charge >= 0.3 is 11.9 Å². The number of nitrogens with zero attached hydrogens (tertiary/aromatic N) is 1. The van der Waals surface area contributed by atoms with Gasteiger partial charge in [0.1, 0.15) is 18.0 Å². The number of benzene rings is 2. The molecule has 2 aliphatic rings. The minimum Gasteiger partial charge on any atom is -0.463 e. The van der Waals surface area contributed by atoms with Crippen LogP contribution in [0.2, 0.25) is 0 Å². The highest BCUT2D eigenvalue weighted by molar-refractivity contribution is 5.95. The number of nitrogens with one attached hydrogen (secondary N) is 3. The normalized spacial score (nSPS) is 22.5. The molecule has 10 nitrogen and oxygen atoms in total. The van der Waals surface area contributed by atoms with Crippen molar-refractivity contribution in [2.45, 2.75) is 77.4 Å². The van der Waals surface area contributed by atoms with Crippen LogP contribution in [0, 0.1) is 11.8 Å². The largest absolute Gasteiger partial charge is 0.463 e. The van der Waals surface area contributed by atoms with Gasteiger partial charge in [-0.15, -0.1) is 0 Å². The Morgan fingerprint density at radius 1 is 0.707 bits per heavy atom. The highest BCUT2D eigenvalue weighted by Gasteiger charge is 2.29. The van der Waals surface area contributed by atoms with Crippen molar-refractivity contribution in [1.82, 2.24) is 9.97 Å². The van der Waals surface area contributed by atoms with Gasteiger partial charge < -0.3 is 25.1 Å². The molecule has 10 heteroatoms. The van der Waals surface area contributed by atoms with Gasteiger partial charge in [0.2, 0.25) is 11.8 Å².